The SMILES string of the molecule is O=C(c1cc(Br)sc1Br)N1CCCC(N2CCNC2=O)C1. The lowest BCUT2D eigenvalue weighted by atomic mass is 10.0. The molecule has 2 saturated heterocycles. The fourth-order valence-corrected chi connectivity index (χ4v) is 5.66. The van der Waals surface area contributed by atoms with Crippen molar-refractivity contribution < 1.29 is 9.59 Å². The first-order valence-corrected chi connectivity index (χ1v) is 9.25. The third-order valence-electron chi connectivity index (χ3n) is 3.90. The Morgan fingerprint density at radius 3 is 2.81 bits per heavy atom. The number of amides is 3. The lowest BCUT2D eigenvalue weighted by Crippen LogP contribution is -2.50. The first-order chi connectivity index (χ1) is 10.1. The molecule has 3 rings (SSSR count). The second kappa shape index (κ2) is 6.26. The quantitative estimate of drug-likeness (QED) is 0.774. The molecule has 0 saturated carbocycles. The number of nitrogens with one attached hydrogen (secondary N) is 1. The number of carbonyl (C=O) groups excluding carboxylic acids is 2. The van der Waals surface area contributed by atoms with Crippen LogP contribution in [-0.2, 0) is 0 Å². The molecule has 8 heteroatoms. The summed E-state index contributed by atoms with van der Waals surface area (Å²) in [5, 5.41) is 2.83. The molecule has 0 bridgehead atoms. The summed E-state index contributed by atoms with van der Waals surface area (Å²) in [6.45, 7) is 2.81. The van der Waals surface area contributed by atoms with Crippen LogP contribution >= 0.6 is 43.2 Å². The maximum Gasteiger partial charge on any atom is 0.317 e. The normalized spacial score (nSPS) is 22.6. The Morgan fingerprint density at radius 1 is 1.38 bits per heavy atom. The molecule has 3 amide bonds. The van der Waals surface area contributed by atoms with Gasteiger partial charge in [0, 0.05) is 26.2 Å². The van der Waals surface area contributed by atoms with Gasteiger partial charge in [0.1, 0.15) is 0 Å². The van der Waals surface area contributed by atoms with Gasteiger partial charge in [-0.05, 0) is 50.8 Å². The van der Waals surface area contributed by atoms with E-state index in [0.717, 1.165) is 33.5 Å². The van der Waals surface area contributed by atoms with E-state index in [-0.39, 0.29) is 18.0 Å². The van der Waals surface area contributed by atoms with Gasteiger partial charge in [-0.2, -0.15) is 0 Å². The molecule has 21 heavy (non-hydrogen) atoms. The fraction of sp³-hybridized carbons (Fsp3) is 0.538. The highest BCUT2D eigenvalue weighted by Gasteiger charge is 2.33. The molecule has 2 aliphatic heterocycles. The molecule has 114 valence electrons. The predicted octanol–water partition coefficient (Wildman–Crippen LogP) is 2.90. The number of hydrogen-bond donors (Lipinski definition) is 1. The fourth-order valence-electron chi connectivity index (χ4n) is 2.88. The lowest BCUT2D eigenvalue weighted by molar-refractivity contribution is 0.0634. The van der Waals surface area contributed by atoms with Gasteiger partial charge in [0.05, 0.1) is 19.2 Å². The van der Waals surface area contributed by atoms with Crippen molar-refractivity contribution in [3.63, 3.8) is 0 Å². The van der Waals surface area contributed by atoms with Gasteiger partial charge >= 0.3 is 6.03 Å². The maximum atomic E-state index is 12.6. The Kier molecular flexibility index (Phi) is 4.56. The highest BCUT2D eigenvalue weighted by Crippen LogP contribution is 2.33. The Hall–Kier alpha value is -0.600. The summed E-state index contributed by atoms with van der Waals surface area (Å²) in [6.07, 6.45) is 1.90. The van der Waals surface area contributed by atoms with E-state index in [2.05, 4.69) is 37.2 Å². The molecule has 5 nitrogen and oxygen atoms in total. The standard InChI is InChI=1S/C13H15Br2N3O2S/c14-10-6-9(11(15)21-10)12(19)17-4-1-2-8(7-17)18-5-3-16-13(18)20/h6,8H,1-5,7H2,(H,16,20). The first kappa shape index (κ1) is 15.3. The Labute approximate surface area is 143 Å². The van der Waals surface area contributed by atoms with Gasteiger partial charge in [-0.3, -0.25) is 4.79 Å². The average molecular weight is 437 g/mol. The molecule has 1 aromatic rings. The zero-order valence-corrected chi connectivity index (χ0v) is 15.3. The maximum absolute atomic E-state index is 12.6. The summed E-state index contributed by atoms with van der Waals surface area (Å²) in [5.74, 6) is 0.0353. The number of carbonyl (C=O) groups is 2. The van der Waals surface area contributed by atoms with E-state index in [0.29, 0.717) is 18.7 Å². The molecule has 0 radical (unpaired) electrons. The Bertz CT molecular complexity index is 578. The van der Waals surface area contributed by atoms with Crippen LogP contribution in [0.5, 0.6) is 0 Å². The number of nitrogens with zero attached hydrogens (tertiary/aromatic N) is 2. The number of likely N-dealkylation sites (tertiary alicyclic amines) is 1. The van der Waals surface area contributed by atoms with Crippen LogP contribution in [-0.4, -0.2) is 54.0 Å². The average Bonchev–Trinajstić information content (AvgIpc) is 3.03. The number of thiophene rings is 1. The summed E-state index contributed by atoms with van der Waals surface area (Å²) in [7, 11) is 0. The second-order valence-electron chi connectivity index (χ2n) is 5.21. The zero-order chi connectivity index (χ0) is 15.0. The van der Waals surface area contributed by atoms with Crippen molar-refractivity contribution in [2.45, 2.75) is 18.9 Å². The van der Waals surface area contributed by atoms with Crippen molar-refractivity contribution in [3.8, 4) is 0 Å². The van der Waals surface area contributed by atoms with E-state index in [1.807, 2.05) is 15.9 Å². The molecule has 1 N–H and O–H groups in total. The molecule has 3 heterocycles. The van der Waals surface area contributed by atoms with Gasteiger partial charge in [0.2, 0.25) is 0 Å². The first-order valence-electron chi connectivity index (χ1n) is 6.85. The highest BCUT2D eigenvalue weighted by molar-refractivity contribution is 9.12. The number of hydrogen-bond acceptors (Lipinski definition) is 3. The van der Waals surface area contributed by atoms with Gasteiger partial charge in [-0.25, -0.2) is 4.79 Å². The van der Waals surface area contributed by atoms with Crippen LogP contribution in [0.2, 0.25) is 0 Å². The molecule has 0 aliphatic carbocycles. The Morgan fingerprint density at radius 2 is 2.19 bits per heavy atom. The summed E-state index contributed by atoms with van der Waals surface area (Å²) < 4.78 is 1.78. The van der Waals surface area contributed by atoms with Crippen molar-refractivity contribution in [1.29, 1.82) is 0 Å². The third-order valence-corrected chi connectivity index (χ3v) is 6.24. The summed E-state index contributed by atoms with van der Waals surface area (Å²) in [6, 6.07) is 1.98. The van der Waals surface area contributed by atoms with Gasteiger partial charge < -0.3 is 15.1 Å². The van der Waals surface area contributed by atoms with Crippen molar-refractivity contribution in [2.24, 2.45) is 0 Å². The molecule has 1 aromatic heterocycles. The van der Waals surface area contributed by atoms with E-state index in [9.17, 15) is 9.59 Å². The number of urea groups is 1. The van der Waals surface area contributed by atoms with Crippen LogP contribution in [0.25, 0.3) is 0 Å². The predicted molar refractivity (Wildman–Crippen MR) is 88.7 cm³/mol. The molecular weight excluding hydrogens is 422 g/mol. The van der Waals surface area contributed by atoms with Crippen LogP contribution in [0.3, 0.4) is 0 Å². The van der Waals surface area contributed by atoms with Crippen molar-refractivity contribution in [3.05, 3.63) is 19.2 Å². The lowest BCUT2D eigenvalue weighted by Gasteiger charge is -2.37. The minimum absolute atomic E-state index is 0.00578. The van der Waals surface area contributed by atoms with Crippen LogP contribution in [0, 0.1) is 0 Å². The van der Waals surface area contributed by atoms with Crippen molar-refractivity contribution >= 4 is 55.1 Å². The van der Waals surface area contributed by atoms with Gasteiger partial charge in [0.15, 0.2) is 0 Å². The number of rotatable bonds is 2. The molecule has 1 atom stereocenters. The summed E-state index contributed by atoms with van der Waals surface area (Å²) in [4.78, 5) is 28.1. The topological polar surface area (TPSA) is 52.7 Å². The zero-order valence-electron chi connectivity index (χ0n) is 11.3. The molecule has 2 fully saturated rings. The van der Waals surface area contributed by atoms with E-state index < -0.39 is 0 Å². The molecular formula is C13H15Br2N3O2S. The van der Waals surface area contributed by atoms with Crippen LogP contribution < -0.4 is 5.32 Å². The van der Waals surface area contributed by atoms with E-state index in [1.54, 1.807) is 0 Å². The highest BCUT2D eigenvalue weighted by atomic mass is 79.9. The third kappa shape index (κ3) is 3.12. The van der Waals surface area contributed by atoms with Crippen LogP contribution in [0.4, 0.5) is 4.79 Å². The molecule has 0 aromatic carbocycles. The van der Waals surface area contributed by atoms with Crippen molar-refractivity contribution in [1.82, 2.24) is 15.1 Å². The minimum Gasteiger partial charge on any atom is -0.337 e. The summed E-state index contributed by atoms with van der Waals surface area (Å²) in [5.41, 5.74) is 0.693. The van der Waals surface area contributed by atoms with Gasteiger partial charge in [-0.1, -0.05) is 0 Å². The van der Waals surface area contributed by atoms with Crippen molar-refractivity contribution in [2.75, 3.05) is 26.2 Å². The monoisotopic (exact) mass is 435 g/mol. The number of piperidine rings is 1. The van der Waals surface area contributed by atoms with Crippen LogP contribution in [0.1, 0.15) is 23.2 Å². The van der Waals surface area contributed by atoms with E-state index in [1.165, 1.54) is 11.3 Å². The largest absolute Gasteiger partial charge is 0.337 e. The smallest absolute Gasteiger partial charge is 0.317 e. The minimum atomic E-state index is -0.00578. The van der Waals surface area contributed by atoms with E-state index in [4.69, 9.17) is 0 Å². The van der Waals surface area contributed by atoms with Gasteiger partial charge in [0.25, 0.3) is 5.91 Å². The second-order valence-corrected chi connectivity index (χ2v) is 8.96. The number of halogens is 2. The molecule has 1 unspecified atom stereocenters. The van der Waals surface area contributed by atoms with E-state index >= 15 is 0 Å². The molecule has 0 spiro atoms. The molecule has 2 aliphatic rings. The van der Waals surface area contributed by atoms with Crippen LogP contribution in [0.15, 0.2) is 13.6 Å². The Balaban J connectivity index is 1.72. The van der Waals surface area contributed by atoms with Gasteiger partial charge in [-0.15, -0.1) is 11.3 Å². The summed E-state index contributed by atoms with van der Waals surface area (Å²) >= 11 is 8.35.